The molecular weight excluding hydrogens is 228 g/mol. The van der Waals surface area contributed by atoms with Crippen LogP contribution < -0.4 is 5.32 Å². The molecule has 18 heavy (non-hydrogen) atoms. The van der Waals surface area contributed by atoms with Gasteiger partial charge in [-0.1, -0.05) is 0 Å². The number of piperidine rings is 1. The standard InChI is InChI=1S/C14H26N2O2/c1-11(17)15-10-12-6-8-16(9-7-12)13-2-4-14(18)5-3-13/h12-14,18H,2-10H2,1H3,(H,15,17). The highest BCUT2D eigenvalue weighted by Crippen LogP contribution is 2.27. The van der Waals surface area contributed by atoms with Gasteiger partial charge in [-0.05, 0) is 57.5 Å². The highest BCUT2D eigenvalue weighted by Gasteiger charge is 2.28. The maximum atomic E-state index is 10.9. The number of hydrogen-bond acceptors (Lipinski definition) is 3. The van der Waals surface area contributed by atoms with E-state index in [0.717, 1.165) is 45.3 Å². The molecule has 0 aromatic heterocycles. The molecule has 2 fully saturated rings. The van der Waals surface area contributed by atoms with Gasteiger partial charge in [-0.2, -0.15) is 0 Å². The Kier molecular flexibility index (Phi) is 5.01. The van der Waals surface area contributed by atoms with Gasteiger partial charge in [-0.3, -0.25) is 4.79 Å². The Morgan fingerprint density at radius 1 is 1.17 bits per heavy atom. The van der Waals surface area contributed by atoms with Crippen molar-refractivity contribution in [2.24, 2.45) is 5.92 Å². The molecule has 1 heterocycles. The largest absolute Gasteiger partial charge is 0.393 e. The van der Waals surface area contributed by atoms with Crippen molar-refractivity contribution in [3.63, 3.8) is 0 Å². The number of aliphatic hydroxyl groups excluding tert-OH is 1. The van der Waals surface area contributed by atoms with Gasteiger partial charge >= 0.3 is 0 Å². The van der Waals surface area contributed by atoms with Crippen LogP contribution in [0.5, 0.6) is 0 Å². The van der Waals surface area contributed by atoms with E-state index in [0.29, 0.717) is 12.0 Å². The SMILES string of the molecule is CC(=O)NCC1CCN(C2CCC(O)CC2)CC1. The Hall–Kier alpha value is -0.610. The number of rotatable bonds is 3. The third-order valence-electron chi connectivity index (χ3n) is 4.47. The lowest BCUT2D eigenvalue weighted by Crippen LogP contribution is -2.45. The van der Waals surface area contributed by atoms with Crippen LogP contribution in [0.15, 0.2) is 0 Å². The summed E-state index contributed by atoms with van der Waals surface area (Å²) in [6, 6.07) is 0.690. The molecule has 0 aromatic rings. The van der Waals surface area contributed by atoms with Crippen molar-refractivity contribution in [1.29, 1.82) is 0 Å². The predicted octanol–water partition coefficient (Wildman–Crippen LogP) is 1.14. The monoisotopic (exact) mass is 254 g/mol. The maximum absolute atomic E-state index is 10.9. The summed E-state index contributed by atoms with van der Waals surface area (Å²) < 4.78 is 0. The Bertz CT molecular complexity index is 267. The second-order valence-corrected chi connectivity index (χ2v) is 5.88. The first kappa shape index (κ1) is 13.8. The second kappa shape index (κ2) is 6.53. The fraction of sp³-hybridized carbons (Fsp3) is 0.929. The van der Waals surface area contributed by atoms with Gasteiger partial charge in [-0.15, -0.1) is 0 Å². The molecule has 0 unspecified atom stereocenters. The van der Waals surface area contributed by atoms with E-state index in [-0.39, 0.29) is 12.0 Å². The Morgan fingerprint density at radius 2 is 1.78 bits per heavy atom. The summed E-state index contributed by atoms with van der Waals surface area (Å²) in [6.07, 6.45) is 6.57. The zero-order valence-electron chi connectivity index (χ0n) is 11.4. The Morgan fingerprint density at radius 3 is 2.33 bits per heavy atom. The van der Waals surface area contributed by atoms with Gasteiger partial charge in [0.25, 0.3) is 0 Å². The number of hydrogen-bond donors (Lipinski definition) is 2. The normalized spacial score (nSPS) is 31.2. The second-order valence-electron chi connectivity index (χ2n) is 5.88. The average Bonchev–Trinajstić information content (AvgIpc) is 2.38. The molecule has 4 heteroatoms. The first-order valence-electron chi connectivity index (χ1n) is 7.31. The fourth-order valence-electron chi connectivity index (χ4n) is 3.23. The van der Waals surface area contributed by atoms with E-state index in [1.807, 2.05) is 0 Å². The minimum Gasteiger partial charge on any atom is -0.393 e. The molecule has 0 aromatic carbocycles. The van der Waals surface area contributed by atoms with E-state index in [9.17, 15) is 9.90 Å². The van der Waals surface area contributed by atoms with Crippen molar-refractivity contribution >= 4 is 5.91 Å². The molecule has 1 aliphatic heterocycles. The van der Waals surface area contributed by atoms with Gasteiger partial charge in [0.2, 0.25) is 5.91 Å². The van der Waals surface area contributed by atoms with Crippen LogP contribution in [0.4, 0.5) is 0 Å². The molecule has 1 saturated carbocycles. The van der Waals surface area contributed by atoms with Crippen LogP contribution in [0.3, 0.4) is 0 Å². The van der Waals surface area contributed by atoms with Crippen LogP contribution in [-0.2, 0) is 4.79 Å². The van der Waals surface area contributed by atoms with Crippen molar-refractivity contribution in [3.8, 4) is 0 Å². The zero-order chi connectivity index (χ0) is 13.0. The van der Waals surface area contributed by atoms with Gasteiger partial charge in [-0.25, -0.2) is 0 Å². The predicted molar refractivity (Wildman–Crippen MR) is 71.2 cm³/mol. The molecule has 0 radical (unpaired) electrons. The summed E-state index contributed by atoms with van der Waals surface area (Å²) in [4.78, 5) is 13.5. The first-order valence-corrected chi connectivity index (χ1v) is 7.31. The minimum atomic E-state index is -0.0569. The van der Waals surface area contributed by atoms with E-state index in [1.165, 1.54) is 12.8 Å². The number of nitrogens with one attached hydrogen (secondary N) is 1. The van der Waals surface area contributed by atoms with Crippen molar-refractivity contribution in [2.45, 2.75) is 57.6 Å². The van der Waals surface area contributed by atoms with Crippen LogP contribution in [0.2, 0.25) is 0 Å². The maximum Gasteiger partial charge on any atom is 0.216 e. The molecule has 0 bridgehead atoms. The van der Waals surface area contributed by atoms with E-state index in [1.54, 1.807) is 6.92 Å². The lowest BCUT2D eigenvalue weighted by atomic mass is 9.89. The van der Waals surface area contributed by atoms with Crippen LogP contribution in [0.1, 0.15) is 45.4 Å². The highest BCUT2D eigenvalue weighted by molar-refractivity contribution is 5.72. The van der Waals surface area contributed by atoms with Crippen molar-refractivity contribution in [3.05, 3.63) is 0 Å². The molecule has 2 N–H and O–H groups in total. The Labute approximate surface area is 110 Å². The van der Waals surface area contributed by atoms with Crippen molar-refractivity contribution < 1.29 is 9.90 Å². The van der Waals surface area contributed by atoms with E-state index in [4.69, 9.17) is 0 Å². The number of nitrogens with zero attached hydrogens (tertiary/aromatic N) is 1. The summed E-state index contributed by atoms with van der Waals surface area (Å²) in [5, 5.41) is 12.5. The van der Waals surface area contributed by atoms with Crippen LogP contribution in [0.25, 0.3) is 0 Å². The van der Waals surface area contributed by atoms with E-state index < -0.39 is 0 Å². The van der Waals surface area contributed by atoms with Gasteiger partial charge in [0.05, 0.1) is 6.10 Å². The minimum absolute atomic E-state index is 0.0569. The number of carbonyl (C=O) groups is 1. The van der Waals surface area contributed by atoms with Crippen LogP contribution in [-0.4, -0.2) is 47.7 Å². The molecule has 2 aliphatic rings. The van der Waals surface area contributed by atoms with Crippen LogP contribution in [0, 0.1) is 5.92 Å². The molecule has 2 rings (SSSR count). The number of aliphatic hydroxyl groups is 1. The lowest BCUT2D eigenvalue weighted by Gasteiger charge is -2.40. The lowest BCUT2D eigenvalue weighted by molar-refractivity contribution is -0.119. The molecular formula is C14H26N2O2. The summed E-state index contributed by atoms with van der Waals surface area (Å²) in [5.41, 5.74) is 0. The Balaban J connectivity index is 1.68. The molecule has 4 nitrogen and oxygen atoms in total. The quantitative estimate of drug-likeness (QED) is 0.794. The zero-order valence-corrected chi connectivity index (χ0v) is 11.4. The van der Waals surface area contributed by atoms with Gasteiger partial charge in [0, 0.05) is 19.5 Å². The molecule has 1 aliphatic carbocycles. The molecule has 0 spiro atoms. The summed E-state index contributed by atoms with van der Waals surface area (Å²) >= 11 is 0. The number of amides is 1. The molecule has 1 saturated heterocycles. The molecule has 1 amide bonds. The smallest absolute Gasteiger partial charge is 0.216 e. The first-order chi connectivity index (χ1) is 8.65. The van der Waals surface area contributed by atoms with Crippen molar-refractivity contribution in [2.75, 3.05) is 19.6 Å². The molecule has 104 valence electrons. The fourth-order valence-corrected chi connectivity index (χ4v) is 3.23. The summed E-state index contributed by atoms with van der Waals surface area (Å²) in [7, 11) is 0. The molecule has 0 atom stereocenters. The van der Waals surface area contributed by atoms with Gasteiger partial charge in [0.15, 0.2) is 0 Å². The topological polar surface area (TPSA) is 52.6 Å². The average molecular weight is 254 g/mol. The summed E-state index contributed by atoms with van der Waals surface area (Å²) in [5.74, 6) is 0.734. The van der Waals surface area contributed by atoms with Crippen molar-refractivity contribution in [1.82, 2.24) is 10.2 Å². The van der Waals surface area contributed by atoms with Gasteiger partial charge < -0.3 is 15.3 Å². The summed E-state index contributed by atoms with van der Waals surface area (Å²) in [6.45, 7) is 4.74. The third kappa shape index (κ3) is 3.95. The number of likely N-dealkylation sites (tertiary alicyclic amines) is 1. The van der Waals surface area contributed by atoms with E-state index in [2.05, 4.69) is 10.2 Å². The van der Waals surface area contributed by atoms with Crippen LogP contribution >= 0.6 is 0 Å². The van der Waals surface area contributed by atoms with Gasteiger partial charge in [0.1, 0.15) is 0 Å². The highest BCUT2D eigenvalue weighted by atomic mass is 16.3. The van der Waals surface area contributed by atoms with E-state index >= 15 is 0 Å². The third-order valence-corrected chi connectivity index (χ3v) is 4.47. The number of carbonyl (C=O) groups excluding carboxylic acids is 1.